The van der Waals surface area contributed by atoms with Crippen LogP contribution in [0.25, 0.3) is 0 Å². The zero-order valence-electron chi connectivity index (χ0n) is 15.3. The van der Waals surface area contributed by atoms with Crippen LogP contribution in [0.15, 0.2) is 77.7 Å². The van der Waals surface area contributed by atoms with Crippen LogP contribution in [0.3, 0.4) is 0 Å². The second-order valence-corrected chi connectivity index (χ2v) is 7.76. The van der Waals surface area contributed by atoms with E-state index in [9.17, 15) is 8.42 Å². The van der Waals surface area contributed by atoms with Crippen molar-refractivity contribution < 1.29 is 13.2 Å². The van der Waals surface area contributed by atoms with E-state index in [2.05, 4.69) is 10.0 Å². The van der Waals surface area contributed by atoms with Gasteiger partial charge in [-0.1, -0.05) is 12.1 Å². The van der Waals surface area contributed by atoms with E-state index in [4.69, 9.17) is 4.74 Å². The van der Waals surface area contributed by atoms with E-state index in [1.807, 2.05) is 50.2 Å². The third-order valence-electron chi connectivity index (χ3n) is 3.89. The van der Waals surface area contributed by atoms with Gasteiger partial charge >= 0.3 is 0 Å². The number of aryl methyl sites for hydroxylation is 1. The highest BCUT2D eigenvalue weighted by Gasteiger charge is 2.14. The van der Waals surface area contributed by atoms with Crippen LogP contribution in [0.5, 0.6) is 5.75 Å². The Bertz CT molecular complexity index is 998. The Morgan fingerprint density at radius 3 is 2.15 bits per heavy atom. The summed E-state index contributed by atoms with van der Waals surface area (Å²) in [5.41, 5.74) is 3.53. The van der Waals surface area contributed by atoms with Gasteiger partial charge in [-0.2, -0.15) is 0 Å². The zero-order chi connectivity index (χ0) is 19.3. The third-order valence-corrected chi connectivity index (χ3v) is 5.29. The molecule has 27 heavy (non-hydrogen) atoms. The van der Waals surface area contributed by atoms with Crippen LogP contribution < -0.4 is 14.8 Å². The van der Waals surface area contributed by atoms with Crippen molar-refractivity contribution in [2.24, 2.45) is 0 Å². The summed E-state index contributed by atoms with van der Waals surface area (Å²) in [6, 6.07) is 21.5. The average Bonchev–Trinajstić information content (AvgIpc) is 2.64. The molecular formula is C21H22N2O3S. The van der Waals surface area contributed by atoms with Crippen molar-refractivity contribution in [2.45, 2.75) is 18.7 Å². The first-order valence-electron chi connectivity index (χ1n) is 8.66. The van der Waals surface area contributed by atoms with E-state index < -0.39 is 10.0 Å². The van der Waals surface area contributed by atoms with Crippen LogP contribution in [0, 0.1) is 6.92 Å². The van der Waals surface area contributed by atoms with Gasteiger partial charge in [0.25, 0.3) is 10.0 Å². The molecule has 0 aromatic heterocycles. The summed E-state index contributed by atoms with van der Waals surface area (Å²) in [6.45, 7) is 4.45. The third kappa shape index (κ3) is 5.01. The molecular weight excluding hydrogens is 360 g/mol. The smallest absolute Gasteiger partial charge is 0.261 e. The first-order valence-corrected chi connectivity index (χ1v) is 10.1. The quantitative estimate of drug-likeness (QED) is 0.607. The minimum atomic E-state index is -3.65. The average molecular weight is 382 g/mol. The highest BCUT2D eigenvalue weighted by Crippen LogP contribution is 2.22. The molecule has 3 aromatic rings. The van der Waals surface area contributed by atoms with E-state index in [1.54, 1.807) is 24.3 Å². The van der Waals surface area contributed by atoms with Gasteiger partial charge < -0.3 is 10.1 Å². The molecule has 0 bridgehead atoms. The number of benzene rings is 3. The molecule has 0 aliphatic rings. The normalized spacial score (nSPS) is 11.0. The van der Waals surface area contributed by atoms with Crippen molar-refractivity contribution >= 4 is 27.1 Å². The van der Waals surface area contributed by atoms with Crippen molar-refractivity contribution in [1.29, 1.82) is 0 Å². The minimum absolute atomic E-state index is 0.188. The fraction of sp³-hybridized carbons (Fsp3) is 0.143. The van der Waals surface area contributed by atoms with Gasteiger partial charge in [-0.3, -0.25) is 4.72 Å². The zero-order valence-corrected chi connectivity index (χ0v) is 16.1. The lowest BCUT2D eigenvalue weighted by Gasteiger charge is -2.11. The van der Waals surface area contributed by atoms with Crippen LogP contribution in [0.1, 0.15) is 12.5 Å². The summed E-state index contributed by atoms with van der Waals surface area (Å²) in [4.78, 5) is 0.188. The van der Waals surface area contributed by atoms with E-state index >= 15 is 0 Å². The summed E-state index contributed by atoms with van der Waals surface area (Å²) in [5, 5.41) is 3.29. The topological polar surface area (TPSA) is 67.4 Å². The number of rotatable bonds is 7. The van der Waals surface area contributed by atoms with Gasteiger partial charge in [0, 0.05) is 17.1 Å². The Kier molecular flexibility index (Phi) is 5.66. The Morgan fingerprint density at radius 1 is 0.852 bits per heavy atom. The summed E-state index contributed by atoms with van der Waals surface area (Å²) >= 11 is 0. The molecule has 0 unspecified atom stereocenters. The lowest BCUT2D eigenvalue weighted by Crippen LogP contribution is -2.12. The van der Waals surface area contributed by atoms with Crippen molar-refractivity contribution in [3.05, 3.63) is 78.4 Å². The molecule has 3 rings (SSSR count). The summed E-state index contributed by atoms with van der Waals surface area (Å²) < 4.78 is 33.0. The first kappa shape index (κ1) is 18.8. The van der Waals surface area contributed by atoms with E-state index in [-0.39, 0.29) is 4.90 Å². The van der Waals surface area contributed by atoms with Crippen molar-refractivity contribution in [2.75, 3.05) is 16.6 Å². The monoisotopic (exact) mass is 382 g/mol. The Morgan fingerprint density at radius 2 is 1.52 bits per heavy atom. The fourth-order valence-electron chi connectivity index (χ4n) is 2.61. The highest BCUT2D eigenvalue weighted by atomic mass is 32.2. The maximum atomic E-state index is 12.5. The van der Waals surface area contributed by atoms with Crippen molar-refractivity contribution in [3.8, 4) is 5.75 Å². The largest absolute Gasteiger partial charge is 0.494 e. The second-order valence-electron chi connectivity index (χ2n) is 6.08. The standard InChI is InChI=1S/C21H22N2O3S/c1-3-26-20-11-13-21(14-12-20)27(24,25)23-18-9-7-17(8-10-18)22-19-6-4-5-16(2)15-19/h4-15,22-23H,3H2,1-2H3. The van der Waals surface area contributed by atoms with Crippen LogP contribution in [0.2, 0.25) is 0 Å². The molecule has 3 aromatic carbocycles. The van der Waals surface area contributed by atoms with Gasteiger partial charge in [-0.25, -0.2) is 8.42 Å². The summed E-state index contributed by atoms with van der Waals surface area (Å²) in [7, 11) is -3.65. The van der Waals surface area contributed by atoms with Gasteiger partial charge in [0.15, 0.2) is 0 Å². The van der Waals surface area contributed by atoms with Gasteiger partial charge in [-0.15, -0.1) is 0 Å². The number of hydrogen-bond acceptors (Lipinski definition) is 4. The number of anilines is 3. The molecule has 0 aliphatic heterocycles. The molecule has 0 atom stereocenters. The second kappa shape index (κ2) is 8.14. The van der Waals surface area contributed by atoms with Crippen molar-refractivity contribution in [1.82, 2.24) is 0 Å². The molecule has 2 N–H and O–H groups in total. The lowest BCUT2D eigenvalue weighted by atomic mass is 10.2. The molecule has 0 aliphatic carbocycles. The SMILES string of the molecule is CCOc1ccc(S(=O)(=O)Nc2ccc(Nc3cccc(C)c3)cc2)cc1. The highest BCUT2D eigenvalue weighted by molar-refractivity contribution is 7.92. The molecule has 0 saturated heterocycles. The summed E-state index contributed by atoms with van der Waals surface area (Å²) in [5.74, 6) is 0.642. The van der Waals surface area contributed by atoms with Gasteiger partial charge in [0.1, 0.15) is 5.75 Å². The Labute approximate surface area is 160 Å². The van der Waals surface area contributed by atoms with Gasteiger partial charge in [0.05, 0.1) is 11.5 Å². The number of ether oxygens (including phenoxy) is 1. The van der Waals surface area contributed by atoms with E-state index in [0.717, 1.165) is 11.4 Å². The van der Waals surface area contributed by atoms with Crippen LogP contribution in [0.4, 0.5) is 17.1 Å². The molecule has 140 valence electrons. The van der Waals surface area contributed by atoms with Gasteiger partial charge in [-0.05, 0) is 80.1 Å². The Balaban J connectivity index is 1.69. The van der Waals surface area contributed by atoms with E-state index in [1.165, 1.54) is 17.7 Å². The first-order chi connectivity index (χ1) is 13.0. The van der Waals surface area contributed by atoms with Gasteiger partial charge in [0.2, 0.25) is 0 Å². The predicted octanol–water partition coefficient (Wildman–Crippen LogP) is 4.94. The minimum Gasteiger partial charge on any atom is -0.494 e. The van der Waals surface area contributed by atoms with Crippen LogP contribution in [-0.2, 0) is 10.0 Å². The van der Waals surface area contributed by atoms with Crippen LogP contribution >= 0.6 is 0 Å². The Hall–Kier alpha value is -2.99. The van der Waals surface area contributed by atoms with E-state index in [0.29, 0.717) is 18.0 Å². The fourth-order valence-corrected chi connectivity index (χ4v) is 3.67. The lowest BCUT2D eigenvalue weighted by molar-refractivity contribution is 0.340. The number of hydrogen-bond donors (Lipinski definition) is 2. The molecule has 5 nitrogen and oxygen atoms in total. The number of sulfonamides is 1. The summed E-state index contributed by atoms with van der Waals surface area (Å²) in [6.07, 6.45) is 0. The molecule has 0 radical (unpaired) electrons. The molecule has 0 saturated carbocycles. The molecule has 0 spiro atoms. The van der Waals surface area contributed by atoms with Crippen LogP contribution in [-0.4, -0.2) is 15.0 Å². The molecule has 6 heteroatoms. The number of nitrogens with one attached hydrogen (secondary N) is 2. The maximum Gasteiger partial charge on any atom is 0.261 e. The van der Waals surface area contributed by atoms with Crippen molar-refractivity contribution in [3.63, 3.8) is 0 Å². The maximum absolute atomic E-state index is 12.5. The molecule has 0 amide bonds. The molecule has 0 heterocycles. The predicted molar refractivity (Wildman–Crippen MR) is 109 cm³/mol. The molecule has 0 fully saturated rings.